The standard InChI is InChI=1S/C17H22N6O2/c24-17(14-3-1-4-18-11-14)22-5-2-6-23-15(19-20-16(23)13-22)12-21-7-9-25-10-8-21/h1,3-4,11H,2,5-10,12-13H2. The molecule has 0 unspecified atom stereocenters. The first-order valence-corrected chi connectivity index (χ1v) is 8.71. The van der Waals surface area contributed by atoms with E-state index in [1.54, 1.807) is 24.5 Å². The monoisotopic (exact) mass is 342 g/mol. The molecule has 2 aromatic rings. The van der Waals surface area contributed by atoms with E-state index < -0.39 is 0 Å². The van der Waals surface area contributed by atoms with Gasteiger partial charge in [0.05, 0.1) is 31.9 Å². The Morgan fingerprint density at radius 1 is 1.16 bits per heavy atom. The summed E-state index contributed by atoms with van der Waals surface area (Å²) in [5, 5.41) is 8.73. The first-order chi connectivity index (χ1) is 12.3. The lowest BCUT2D eigenvalue weighted by molar-refractivity contribution is 0.0325. The summed E-state index contributed by atoms with van der Waals surface area (Å²) in [6.07, 6.45) is 4.18. The van der Waals surface area contributed by atoms with Gasteiger partial charge in [-0.3, -0.25) is 14.7 Å². The maximum absolute atomic E-state index is 12.7. The summed E-state index contributed by atoms with van der Waals surface area (Å²) >= 11 is 0. The Labute approximate surface area is 146 Å². The number of amides is 1. The van der Waals surface area contributed by atoms with Crippen LogP contribution in [-0.4, -0.2) is 68.3 Å². The van der Waals surface area contributed by atoms with Crippen LogP contribution in [0.5, 0.6) is 0 Å². The van der Waals surface area contributed by atoms with Crippen molar-refractivity contribution >= 4 is 5.91 Å². The normalized spacial score (nSPS) is 18.6. The molecule has 0 spiro atoms. The molecule has 0 aromatic carbocycles. The van der Waals surface area contributed by atoms with Crippen LogP contribution in [0.1, 0.15) is 28.4 Å². The molecule has 1 saturated heterocycles. The second-order valence-electron chi connectivity index (χ2n) is 6.39. The predicted octanol–water partition coefficient (Wildman–Crippen LogP) is 0.551. The number of fused-ring (bicyclic) bond motifs is 1. The van der Waals surface area contributed by atoms with Crippen molar-refractivity contribution in [1.82, 2.24) is 29.5 Å². The molecule has 2 aliphatic heterocycles. The number of morpholine rings is 1. The second-order valence-corrected chi connectivity index (χ2v) is 6.39. The topological polar surface area (TPSA) is 76.4 Å². The van der Waals surface area contributed by atoms with Gasteiger partial charge < -0.3 is 14.2 Å². The number of ether oxygens (including phenoxy) is 1. The molecular formula is C17H22N6O2. The summed E-state index contributed by atoms with van der Waals surface area (Å²) < 4.78 is 7.57. The van der Waals surface area contributed by atoms with Crippen LogP contribution in [0.2, 0.25) is 0 Å². The van der Waals surface area contributed by atoms with Gasteiger partial charge in [0.15, 0.2) is 5.82 Å². The maximum Gasteiger partial charge on any atom is 0.255 e. The minimum absolute atomic E-state index is 0.000667. The molecular weight excluding hydrogens is 320 g/mol. The van der Waals surface area contributed by atoms with E-state index in [0.717, 1.165) is 57.5 Å². The van der Waals surface area contributed by atoms with E-state index in [4.69, 9.17) is 4.74 Å². The van der Waals surface area contributed by atoms with Gasteiger partial charge in [-0.2, -0.15) is 0 Å². The van der Waals surface area contributed by atoms with Crippen molar-refractivity contribution in [2.75, 3.05) is 32.8 Å². The second kappa shape index (κ2) is 7.28. The molecule has 0 atom stereocenters. The van der Waals surface area contributed by atoms with Crippen molar-refractivity contribution in [2.24, 2.45) is 0 Å². The smallest absolute Gasteiger partial charge is 0.255 e. The highest BCUT2D eigenvalue weighted by molar-refractivity contribution is 5.93. The van der Waals surface area contributed by atoms with Crippen LogP contribution >= 0.6 is 0 Å². The van der Waals surface area contributed by atoms with Gasteiger partial charge in [-0.25, -0.2) is 0 Å². The van der Waals surface area contributed by atoms with Crippen LogP contribution in [-0.2, 0) is 24.4 Å². The zero-order valence-electron chi connectivity index (χ0n) is 14.2. The highest BCUT2D eigenvalue weighted by atomic mass is 16.5. The quantitative estimate of drug-likeness (QED) is 0.811. The van der Waals surface area contributed by atoms with Crippen molar-refractivity contribution in [3.8, 4) is 0 Å². The molecule has 1 amide bonds. The van der Waals surface area contributed by atoms with Gasteiger partial charge in [0.2, 0.25) is 0 Å². The fourth-order valence-electron chi connectivity index (χ4n) is 3.34. The Kier molecular flexibility index (Phi) is 4.71. The fourth-order valence-corrected chi connectivity index (χ4v) is 3.34. The van der Waals surface area contributed by atoms with Gasteiger partial charge in [-0.15, -0.1) is 10.2 Å². The fraction of sp³-hybridized carbons (Fsp3) is 0.529. The Bertz CT molecular complexity index is 726. The Balaban J connectivity index is 1.49. The largest absolute Gasteiger partial charge is 0.379 e. The summed E-state index contributed by atoms with van der Waals surface area (Å²) in [6, 6.07) is 3.59. The molecule has 0 radical (unpaired) electrons. The summed E-state index contributed by atoms with van der Waals surface area (Å²) in [4.78, 5) is 20.9. The molecule has 2 aromatic heterocycles. The van der Waals surface area contributed by atoms with Crippen molar-refractivity contribution in [2.45, 2.75) is 26.1 Å². The molecule has 1 fully saturated rings. The third-order valence-corrected chi connectivity index (χ3v) is 4.71. The number of hydrogen-bond acceptors (Lipinski definition) is 6. The molecule has 0 aliphatic carbocycles. The number of hydrogen-bond donors (Lipinski definition) is 0. The van der Waals surface area contributed by atoms with Crippen molar-refractivity contribution < 1.29 is 9.53 Å². The SMILES string of the molecule is O=C(c1cccnc1)N1CCCn2c(CN3CCOCC3)nnc2C1. The molecule has 2 aliphatic rings. The lowest BCUT2D eigenvalue weighted by Gasteiger charge is -2.26. The molecule has 4 heterocycles. The number of nitrogens with zero attached hydrogens (tertiary/aromatic N) is 6. The molecule has 0 bridgehead atoms. The zero-order chi connectivity index (χ0) is 17.1. The Morgan fingerprint density at radius 2 is 2.04 bits per heavy atom. The van der Waals surface area contributed by atoms with E-state index in [-0.39, 0.29) is 5.91 Å². The van der Waals surface area contributed by atoms with Gasteiger partial charge in [-0.05, 0) is 18.6 Å². The Hall–Kier alpha value is -2.32. The maximum atomic E-state index is 12.7. The van der Waals surface area contributed by atoms with Gasteiger partial charge in [0.25, 0.3) is 5.91 Å². The lowest BCUT2D eigenvalue weighted by Crippen LogP contribution is -2.36. The van der Waals surface area contributed by atoms with E-state index in [1.807, 2.05) is 4.90 Å². The minimum Gasteiger partial charge on any atom is -0.379 e. The van der Waals surface area contributed by atoms with Gasteiger partial charge in [0, 0.05) is 38.6 Å². The summed E-state index contributed by atoms with van der Waals surface area (Å²) in [5.41, 5.74) is 0.615. The highest BCUT2D eigenvalue weighted by Crippen LogP contribution is 2.16. The predicted molar refractivity (Wildman–Crippen MR) is 89.7 cm³/mol. The number of aromatic nitrogens is 4. The summed E-state index contributed by atoms with van der Waals surface area (Å²) in [7, 11) is 0. The molecule has 4 rings (SSSR count). The van der Waals surface area contributed by atoms with Crippen LogP contribution < -0.4 is 0 Å². The van der Waals surface area contributed by atoms with Crippen LogP contribution in [0.3, 0.4) is 0 Å². The third kappa shape index (κ3) is 3.54. The molecule has 132 valence electrons. The van der Waals surface area contributed by atoms with E-state index >= 15 is 0 Å². The average Bonchev–Trinajstić information content (AvgIpc) is 2.90. The number of rotatable bonds is 3. The summed E-state index contributed by atoms with van der Waals surface area (Å²) in [5.74, 6) is 1.84. The summed E-state index contributed by atoms with van der Waals surface area (Å²) in [6.45, 7) is 6.23. The van der Waals surface area contributed by atoms with Crippen LogP contribution in [0.25, 0.3) is 0 Å². The van der Waals surface area contributed by atoms with E-state index in [9.17, 15) is 4.79 Å². The van der Waals surface area contributed by atoms with E-state index in [0.29, 0.717) is 18.7 Å². The molecule has 8 nitrogen and oxygen atoms in total. The number of carbonyl (C=O) groups excluding carboxylic acids is 1. The molecule has 0 N–H and O–H groups in total. The van der Waals surface area contributed by atoms with Gasteiger partial charge in [-0.1, -0.05) is 0 Å². The zero-order valence-corrected chi connectivity index (χ0v) is 14.2. The highest BCUT2D eigenvalue weighted by Gasteiger charge is 2.24. The molecule has 8 heteroatoms. The average molecular weight is 342 g/mol. The van der Waals surface area contributed by atoms with E-state index in [1.165, 1.54) is 0 Å². The molecule has 0 saturated carbocycles. The van der Waals surface area contributed by atoms with Crippen LogP contribution in [0.4, 0.5) is 0 Å². The van der Waals surface area contributed by atoms with Crippen LogP contribution in [0, 0.1) is 0 Å². The van der Waals surface area contributed by atoms with Gasteiger partial charge in [0.1, 0.15) is 5.82 Å². The van der Waals surface area contributed by atoms with Crippen molar-refractivity contribution in [3.63, 3.8) is 0 Å². The first kappa shape index (κ1) is 16.2. The third-order valence-electron chi connectivity index (χ3n) is 4.71. The Morgan fingerprint density at radius 3 is 2.84 bits per heavy atom. The van der Waals surface area contributed by atoms with E-state index in [2.05, 4.69) is 24.6 Å². The van der Waals surface area contributed by atoms with Crippen molar-refractivity contribution in [1.29, 1.82) is 0 Å². The van der Waals surface area contributed by atoms with Gasteiger partial charge >= 0.3 is 0 Å². The van der Waals surface area contributed by atoms with Crippen LogP contribution in [0.15, 0.2) is 24.5 Å². The lowest BCUT2D eigenvalue weighted by atomic mass is 10.2. The minimum atomic E-state index is -0.000667. The van der Waals surface area contributed by atoms with Crippen molar-refractivity contribution in [3.05, 3.63) is 41.7 Å². The first-order valence-electron chi connectivity index (χ1n) is 8.71. The molecule has 25 heavy (non-hydrogen) atoms. The number of carbonyl (C=O) groups is 1. The number of pyridine rings is 1.